The van der Waals surface area contributed by atoms with Gasteiger partial charge in [-0.1, -0.05) is 19.9 Å². The van der Waals surface area contributed by atoms with Crippen molar-refractivity contribution >= 4 is 16.3 Å². The summed E-state index contributed by atoms with van der Waals surface area (Å²) in [6.07, 6.45) is 3.53. The van der Waals surface area contributed by atoms with Crippen LogP contribution in [0.4, 0.5) is 0 Å². The van der Waals surface area contributed by atoms with Gasteiger partial charge in [0.25, 0.3) is 0 Å². The maximum Gasteiger partial charge on any atom is 0.397 e. The van der Waals surface area contributed by atoms with Gasteiger partial charge in [-0.15, -0.1) is 0 Å². The molecule has 0 aliphatic rings. The molecule has 0 fully saturated rings. The number of likely N-dealkylation sites (N-methyl/N-ethyl adjacent to an activating group) is 1. The molecule has 0 saturated heterocycles. The number of rotatable bonds is 5. The average Bonchev–Trinajstić information content (AvgIpc) is 2.34. The Labute approximate surface area is 123 Å². The molecular weight excluding hydrogens is 284 g/mol. The zero-order chi connectivity index (χ0) is 16.8. The Morgan fingerprint density at radius 3 is 1.85 bits per heavy atom. The minimum atomic E-state index is -4.16. The smallest absolute Gasteiger partial charge is 0.342 e. The average molecular weight is 312 g/mol. The maximum atomic E-state index is 10.8. The highest BCUT2D eigenvalue weighted by Crippen LogP contribution is 1.91. The summed E-state index contributed by atoms with van der Waals surface area (Å²) in [6, 6.07) is 0. The highest BCUT2D eigenvalue weighted by atomic mass is 32.3. The third kappa shape index (κ3) is 30.2. The Morgan fingerprint density at radius 2 is 1.65 bits per heavy atom. The summed E-state index contributed by atoms with van der Waals surface area (Å²) in [5.41, 5.74) is 0. The first-order chi connectivity index (χ1) is 9.01. The molecule has 20 heavy (non-hydrogen) atoms. The summed E-state index contributed by atoms with van der Waals surface area (Å²) in [6.45, 7) is 6.34. The van der Waals surface area contributed by atoms with Gasteiger partial charge in [0.15, 0.2) is 0 Å². The summed E-state index contributed by atoms with van der Waals surface area (Å²) in [5.74, 6) is 0.00782. The molecular formula is C12H28N2O5S. The van der Waals surface area contributed by atoms with Crippen molar-refractivity contribution in [1.82, 2.24) is 9.80 Å². The normalized spacial score (nSPS) is 9.80. The van der Waals surface area contributed by atoms with Crippen LogP contribution in [0.3, 0.4) is 0 Å². The van der Waals surface area contributed by atoms with Crippen LogP contribution in [0.1, 0.15) is 19.8 Å². The van der Waals surface area contributed by atoms with Crippen molar-refractivity contribution in [3.8, 4) is 0 Å². The van der Waals surface area contributed by atoms with Gasteiger partial charge in [0, 0.05) is 13.6 Å². The first-order valence-corrected chi connectivity index (χ1v) is 7.39. The summed E-state index contributed by atoms with van der Waals surface area (Å²) < 4.78 is 29.7. The van der Waals surface area contributed by atoms with Crippen molar-refractivity contribution in [1.29, 1.82) is 0 Å². The van der Waals surface area contributed by atoms with E-state index in [9.17, 15) is 13.2 Å². The van der Waals surface area contributed by atoms with Gasteiger partial charge >= 0.3 is 10.4 Å². The van der Waals surface area contributed by atoms with Crippen LogP contribution in [0.15, 0.2) is 12.7 Å². The fraction of sp³-hybridized carbons (Fsp3) is 0.750. The van der Waals surface area contributed by atoms with E-state index in [4.69, 9.17) is 4.55 Å². The van der Waals surface area contributed by atoms with Crippen molar-refractivity contribution in [3.05, 3.63) is 12.7 Å². The molecule has 0 aromatic rings. The van der Waals surface area contributed by atoms with Gasteiger partial charge in [0.05, 0.1) is 7.11 Å². The van der Waals surface area contributed by atoms with Gasteiger partial charge in [-0.05, 0) is 33.6 Å². The third-order valence-corrected chi connectivity index (χ3v) is 2.03. The van der Waals surface area contributed by atoms with E-state index < -0.39 is 10.4 Å². The van der Waals surface area contributed by atoms with Crippen LogP contribution in [-0.2, 0) is 19.4 Å². The molecule has 0 radical (unpaired) electrons. The molecule has 0 aromatic carbocycles. The first kappa shape index (κ1) is 24.1. The van der Waals surface area contributed by atoms with Crippen LogP contribution in [0.5, 0.6) is 0 Å². The van der Waals surface area contributed by atoms with Gasteiger partial charge in [0.1, 0.15) is 0 Å². The molecule has 8 heteroatoms. The number of carbonyl (C=O) groups is 1. The lowest BCUT2D eigenvalue weighted by Crippen LogP contribution is -2.25. The second-order valence-corrected chi connectivity index (χ2v) is 5.44. The van der Waals surface area contributed by atoms with Crippen molar-refractivity contribution in [2.24, 2.45) is 0 Å². The van der Waals surface area contributed by atoms with Gasteiger partial charge < -0.3 is 9.80 Å². The SMILES string of the molecule is C=CC(=O)N(C)CCCC.CN(C)C.COS(=O)(=O)O. The predicted molar refractivity (Wildman–Crippen MR) is 80.9 cm³/mol. The highest BCUT2D eigenvalue weighted by molar-refractivity contribution is 7.80. The number of hydrogen-bond acceptors (Lipinski definition) is 5. The molecule has 0 rings (SSSR count). The van der Waals surface area contributed by atoms with Crippen LogP contribution >= 0.6 is 0 Å². The zero-order valence-electron chi connectivity index (χ0n) is 13.3. The molecule has 0 aliphatic carbocycles. The van der Waals surface area contributed by atoms with E-state index in [1.54, 1.807) is 11.9 Å². The van der Waals surface area contributed by atoms with Crippen LogP contribution < -0.4 is 0 Å². The monoisotopic (exact) mass is 312 g/mol. The molecule has 0 aliphatic heterocycles. The third-order valence-electron chi connectivity index (χ3n) is 1.61. The highest BCUT2D eigenvalue weighted by Gasteiger charge is 2.00. The van der Waals surface area contributed by atoms with E-state index in [2.05, 4.69) is 17.7 Å². The number of hydrogen-bond donors (Lipinski definition) is 1. The van der Waals surface area contributed by atoms with Crippen LogP contribution in [-0.4, -0.2) is 70.5 Å². The molecule has 1 N–H and O–H groups in total. The lowest BCUT2D eigenvalue weighted by atomic mass is 10.3. The summed E-state index contributed by atoms with van der Waals surface area (Å²) >= 11 is 0. The number of carbonyl (C=O) groups excluding carboxylic acids is 1. The van der Waals surface area contributed by atoms with Crippen molar-refractivity contribution in [2.45, 2.75) is 19.8 Å². The number of amides is 1. The second kappa shape index (κ2) is 14.4. The van der Waals surface area contributed by atoms with Gasteiger partial charge in [-0.25, -0.2) is 0 Å². The fourth-order valence-electron chi connectivity index (χ4n) is 0.661. The molecule has 1 amide bonds. The standard InChI is InChI=1S/C8H15NO.C3H9N.CH4O4S/c1-4-6-7-9(3)8(10)5-2;1-4(2)3;1-5-6(2,3)4/h5H,2,4,6-7H2,1,3H3;1-3H3;1H3,(H,2,3,4). The number of nitrogens with zero attached hydrogens (tertiary/aromatic N) is 2. The van der Waals surface area contributed by atoms with E-state index in [1.165, 1.54) is 6.08 Å². The van der Waals surface area contributed by atoms with Gasteiger partial charge in [-0.3, -0.25) is 13.5 Å². The predicted octanol–water partition coefficient (Wildman–Crippen LogP) is 1.04. The minimum Gasteiger partial charge on any atom is -0.342 e. The van der Waals surface area contributed by atoms with Crippen LogP contribution in [0.25, 0.3) is 0 Å². The molecule has 7 nitrogen and oxygen atoms in total. The second-order valence-electron chi connectivity index (χ2n) is 4.25. The van der Waals surface area contributed by atoms with Crippen molar-refractivity contribution in [2.75, 3.05) is 41.8 Å². The van der Waals surface area contributed by atoms with Crippen molar-refractivity contribution < 1.29 is 21.9 Å². The summed E-state index contributed by atoms with van der Waals surface area (Å²) in [4.78, 5) is 14.5. The quantitative estimate of drug-likeness (QED) is 0.603. The largest absolute Gasteiger partial charge is 0.397 e. The van der Waals surface area contributed by atoms with E-state index in [1.807, 2.05) is 26.0 Å². The van der Waals surface area contributed by atoms with Gasteiger partial charge in [-0.2, -0.15) is 8.42 Å². The van der Waals surface area contributed by atoms with E-state index in [0.29, 0.717) is 0 Å². The van der Waals surface area contributed by atoms with Crippen LogP contribution in [0, 0.1) is 0 Å². The Bertz CT molecular complexity index is 339. The molecule has 0 atom stereocenters. The Morgan fingerprint density at radius 1 is 1.30 bits per heavy atom. The molecule has 0 aromatic heterocycles. The number of unbranched alkanes of at least 4 members (excludes halogenated alkanes) is 1. The Balaban J connectivity index is -0.000000246. The molecule has 0 unspecified atom stereocenters. The Hall–Kier alpha value is -0.960. The lowest BCUT2D eigenvalue weighted by Gasteiger charge is -2.13. The molecule has 122 valence electrons. The topological polar surface area (TPSA) is 87.2 Å². The van der Waals surface area contributed by atoms with E-state index in [-0.39, 0.29) is 5.91 Å². The lowest BCUT2D eigenvalue weighted by molar-refractivity contribution is -0.124. The summed E-state index contributed by atoms with van der Waals surface area (Å²) in [7, 11) is 4.50. The maximum absolute atomic E-state index is 10.8. The van der Waals surface area contributed by atoms with Crippen LogP contribution in [0.2, 0.25) is 0 Å². The molecule has 0 saturated carbocycles. The fourth-order valence-corrected chi connectivity index (χ4v) is 0.661. The first-order valence-electron chi connectivity index (χ1n) is 6.03. The van der Waals surface area contributed by atoms with E-state index in [0.717, 1.165) is 26.5 Å². The zero-order valence-corrected chi connectivity index (χ0v) is 14.1. The van der Waals surface area contributed by atoms with Gasteiger partial charge in [0.2, 0.25) is 5.91 Å². The Kier molecular flexibility index (Phi) is 17.4. The van der Waals surface area contributed by atoms with Crippen molar-refractivity contribution in [3.63, 3.8) is 0 Å². The summed E-state index contributed by atoms with van der Waals surface area (Å²) in [5, 5.41) is 0. The minimum absolute atomic E-state index is 0.00782. The van der Waals surface area contributed by atoms with E-state index >= 15 is 0 Å². The molecule has 0 bridgehead atoms. The molecule has 0 spiro atoms. The molecule has 0 heterocycles.